The minimum atomic E-state index is 0.121. The minimum absolute atomic E-state index is 0.121. The van der Waals surface area contributed by atoms with E-state index in [0.29, 0.717) is 0 Å². The Morgan fingerprint density at radius 2 is 2.06 bits per heavy atom. The van der Waals surface area contributed by atoms with Crippen molar-refractivity contribution in [2.75, 3.05) is 0 Å². The van der Waals surface area contributed by atoms with Gasteiger partial charge in [-0.05, 0) is 37.1 Å². The van der Waals surface area contributed by atoms with E-state index in [4.69, 9.17) is 5.73 Å². The lowest BCUT2D eigenvalue weighted by Gasteiger charge is -2.01. The van der Waals surface area contributed by atoms with Crippen molar-refractivity contribution in [3.63, 3.8) is 0 Å². The van der Waals surface area contributed by atoms with E-state index in [9.17, 15) is 0 Å². The second-order valence-electron chi connectivity index (χ2n) is 4.13. The number of thiophene rings is 1. The molecule has 2 aromatic rings. The lowest BCUT2D eigenvalue weighted by molar-refractivity contribution is 0.784. The zero-order valence-corrected chi connectivity index (χ0v) is 10.6. The fourth-order valence-corrected chi connectivity index (χ4v) is 2.67. The first-order valence-corrected chi connectivity index (χ1v) is 6.49. The monoisotopic (exact) mass is 234 g/mol. The van der Waals surface area contributed by atoms with Crippen LogP contribution < -0.4 is 5.73 Å². The van der Waals surface area contributed by atoms with E-state index in [1.54, 1.807) is 0 Å². The van der Waals surface area contributed by atoms with Crippen molar-refractivity contribution in [3.8, 4) is 0 Å². The van der Waals surface area contributed by atoms with Crippen molar-refractivity contribution < 1.29 is 0 Å². The molecule has 0 aromatic carbocycles. The molecule has 86 valence electrons. The van der Waals surface area contributed by atoms with Crippen LogP contribution in [0, 0.1) is 0 Å². The zero-order chi connectivity index (χ0) is 11.5. The molecular weight excluding hydrogens is 216 g/mol. The number of aromatic nitrogens is 1. The number of nitrogens with two attached hydrogens (primary N) is 1. The molecule has 2 N–H and O–H groups in total. The Labute approximate surface area is 101 Å². The Bertz CT molecular complexity index is 454. The van der Waals surface area contributed by atoms with Gasteiger partial charge in [0.25, 0.3) is 0 Å². The summed E-state index contributed by atoms with van der Waals surface area (Å²) in [6, 6.07) is 6.65. The maximum absolute atomic E-state index is 5.84. The smallest absolute Gasteiger partial charge is 0.0563 e. The molecule has 1 atom stereocenters. The third-order valence-corrected chi connectivity index (χ3v) is 3.92. The first kappa shape index (κ1) is 11.4. The van der Waals surface area contributed by atoms with E-state index >= 15 is 0 Å². The van der Waals surface area contributed by atoms with Crippen LogP contribution in [0.5, 0.6) is 0 Å². The van der Waals surface area contributed by atoms with Gasteiger partial charge in [-0.15, -0.1) is 11.3 Å². The molecule has 0 aliphatic carbocycles. The van der Waals surface area contributed by atoms with E-state index in [-0.39, 0.29) is 6.04 Å². The van der Waals surface area contributed by atoms with Gasteiger partial charge in [-0.2, -0.15) is 0 Å². The Kier molecular flexibility index (Phi) is 3.46. The van der Waals surface area contributed by atoms with Gasteiger partial charge in [-0.25, -0.2) is 0 Å². The molecule has 0 amide bonds. The molecule has 0 aliphatic rings. The van der Waals surface area contributed by atoms with Gasteiger partial charge in [0.2, 0.25) is 0 Å². The van der Waals surface area contributed by atoms with Crippen molar-refractivity contribution in [3.05, 3.63) is 45.9 Å². The largest absolute Gasteiger partial charge is 0.349 e. The first-order valence-electron chi connectivity index (χ1n) is 5.68. The summed E-state index contributed by atoms with van der Waals surface area (Å²) in [5.41, 5.74) is 7.04. The Hall–Kier alpha value is -1.06. The van der Waals surface area contributed by atoms with Crippen LogP contribution >= 0.6 is 11.3 Å². The lowest BCUT2D eigenvalue weighted by atomic mass is 10.2. The molecule has 0 saturated carbocycles. The second kappa shape index (κ2) is 4.85. The Morgan fingerprint density at radius 1 is 1.31 bits per heavy atom. The zero-order valence-electron chi connectivity index (χ0n) is 9.81. The second-order valence-corrected chi connectivity index (χ2v) is 5.38. The third kappa shape index (κ3) is 2.54. The molecule has 16 heavy (non-hydrogen) atoms. The highest BCUT2D eigenvalue weighted by atomic mass is 32.1. The van der Waals surface area contributed by atoms with Gasteiger partial charge < -0.3 is 10.3 Å². The number of nitrogens with zero attached hydrogens (tertiary/aromatic N) is 1. The standard InChI is InChI=1S/C13H18N2S/c1-3-12-4-5-13(16-12)9-15-7-6-11(8-15)10(2)14/h4-8,10H,3,9,14H2,1-2H3. The SMILES string of the molecule is CCc1ccc(Cn2ccc(C(C)N)c2)s1. The van der Waals surface area contributed by atoms with Crippen molar-refractivity contribution in [1.29, 1.82) is 0 Å². The number of hydrogen-bond acceptors (Lipinski definition) is 2. The van der Waals surface area contributed by atoms with E-state index in [1.165, 1.54) is 15.3 Å². The summed E-state index contributed by atoms with van der Waals surface area (Å²) in [6.07, 6.45) is 5.36. The molecule has 0 fully saturated rings. The normalized spacial score (nSPS) is 12.9. The van der Waals surface area contributed by atoms with Crippen LogP contribution in [0.2, 0.25) is 0 Å². The average Bonchev–Trinajstić information content (AvgIpc) is 2.87. The topological polar surface area (TPSA) is 30.9 Å². The summed E-state index contributed by atoms with van der Waals surface area (Å²) in [5.74, 6) is 0. The summed E-state index contributed by atoms with van der Waals surface area (Å²) >= 11 is 1.89. The molecule has 2 aromatic heterocycles. The Balaban J connectivity index is 2.08. The van der Waals surface area contributed by atoms with Gasteiger partial charge in [-0.3, -0.25) is 0 Å². The van der Waals surface area contributed by atoms with Gasteiger partial charge in [0.1, 0.15) is 0 Å². The molecule has 0 bridgehead atoms. The van der Waals surface area contributed by atoms with Gasteiger partial charge in [0.15, 0.2) is 0 Å². The highest BCUT2D eigenvalue weighted by molar-refractivity contribution is 7.11. The quantitative estimate of drug-likeness (QED) is 0.865. The van der Waals surface area contributed by atoms with Crippen molar-refractivity contribution in [1.82, 2.24) is 4.57 Å². The van der Waals surface area contributed by atoms with Crippen LogP contribution in [0.1, 0.15) is 35.2 Å². The van der Waals surface area contributed by atoms with Gasteiger partial charge >= 0.3 is 0 Å². The van der Waals surface area contributed by atoms with Gasteiger partial charge in [0.05, 0.1) is 6.54 Å². The highest BCUT2D eigenvalue weighted by Gasteiger charge is 2.03. The number of rotatable bonds is 4. The maximum Gasteiger partial charge on any atom is 0.0563 e. The molecular formula is C13H18N2S. The molecule has 0 spiro atoms. The van der Waals surface area contributed by atoms with Gasteiger partial charge in [0, 0.05) is 28.2 Å². The summed E-state index contributed by atoms with van der Waals surface area (Å²) in [5, 5.41) is 0. The Morgan fingerprint density at radius 3 is 2.62 bits per heavy atom. The summed E-state index contributed by atoms with van der Waals surface area (Å²) in [4.78, 5) is 2.86. The molecule has 0 saturated heterocycles. The predicted octanol–water partition coefficient (Wildman–Crippen LogP) is 3.18. The van der Waals surface area contributed by atoms with Crippen LogP contribution in [-0.2, 0) is 13.0 Å². The maximum atomic E-state index is 5.84. The molecule has 0 radical (unpaired) electrons. The minimum Gasteiger partial charge on any atom is -0.349 e. The summed E-state index contributed by atoms with van der Waals surface area (Å²) in [6.45, 7) is 5.16. The number of aryl methyl sites for hydroxylation is 1. The summed E-state index contributed by atoms with van der Waals surface area (Å²) in [7, 11) is 0. The van der Waals surface area contributed by atoms with Crippen molar-refractivity contribution >= 4 is 11.3 Å². The molecule has 3 heteroatoms. The number of hydrogen-bond donors (Lipinski definition) is 1. The fraction of sp³-hybridized carbons (Fsp3) is 0.385. The predicted molar refractivity (Wildman–Crippen MR) is 69.8 cm³/mol. The van der Waals surface area contributed by atoms with E-state index < -0.39 is 0 Å². The average molecular weight is 234 g/mol. The van der Waals surface area contributed by atoms with Crippen molar-refractivity contribution in [2.24, 2.45) is 5.73 Å². The summed E-state index contributed by atoms with van der Waals surface area (Å²) < 4.78 is 2.20. The van der Waals surface area contributed by atoms with Crippen LogP contribution in [0.25, 0.3) is 0 Å². The molecule has 1 unspecified atom stereocenters. The van der Waals surface area contributed by atoms with E-state index in [0.717, 1.165) is 13.0 Å². The molecule has 2 nitrogen and oxygen atoms in total. The van der Waals surface area contributed by atoms with Crippen LogP contribution in [0.4, 0.5) is 0 Å². The molecule has 2 rings (SSSR count). The van der Waals surface area contributed by atoms with Crippen LogP contribution in [-0.4, -0.2) is 4.57 Å². The van der Waals surface area contributed by atoms with Gasteiger partial charge in [-0.1, -0.05) is 6.92 Å². The lowest BCUT2D eigenvalue weighted by Crippen LogP contribution is -2.03. The molecule has 0 aliphatic heterocycles. The van der Waals surface area contributed by atoms with Crippen molar-refractivity contribution in [2.45, 2.75) is 32.9 Å². The van der Waals surface area contributed by atoms with Crippen LogP contribution in [0.3, 0.4) is 0 Å². The first-order chi connectivity index (χ1) is 7.69. The fourth-order valence-electron chi connectivity index (χ4n) is 1.70. The van der Waals surface area contributed by atoms with Crippen LogP contribution in [0.15, 0.2) is 30.6 Å². The van der Waals surface area contributed by atoms with E-state index in [1.807, 2.05) is 18.3 Å². The third-order valence-electron chi connectivity index (χ3n) is 2.70. The highest BCUT2D eigenvalue weighted by Crippen LogP contribution is 2.19. The molecule has 2 heterocycles. The van der Waals surface area contributed by atoms with E-state index in [2.05, 4.69) is 42.1 Å².